The average molecular weight is 465 g/mol. The molecule has 0 bridgehead atoms. The second kappa shape index (κ2) is 10.4. The van der Waals surface area contributed by atoms with E-state index in [1.165, 1.54) is 31.0 Å². The van der Waals surface area contributed by atoms with Gasteiger partial charge < -0.3 is 9.64 Å². The minimum atomic E-state index is -0.383. The summed E-state index contributed by atoms with van der Waals surface area (Å²) >= 11 is 1.50. The van der Waals surface area contributed by atoms with Crippen LogP contribution in [-0.4, -0.2) is 46.8 Å². The van der Waals surface area contributed by atoms with E-state index in [1.54, 1.807) is 26.1 Å². The first-order valence-corrected chi connectivity index (χ1v) is 12.4. The molecule has 1 heterocycles. The Morgan fingerprint density at radius 3 is 2.39 bits per heavy atom. The van der Waals surface area contributed by atoms with Gasteiger partial charge in [0.15, 0.2) is 11.0 Å². The molecule has 33 heavy (non-hydrogen) atoms. The van der Waals surface area contributed by atoms with E-state index in [0.29, 0.717) is 12.0 Å². The number of benzene rings is 2. The predicted octanol–water partition coefficient (Wildman–Crippen LogP) is 5.63. The number of hydrogen-bond donors (Lipinski definition) is 0. The van der Waals surface area contributed by atoms with Gasteiger partial charge in [0.25, 0.3) is 0 Å². The van der Waals surface area contributed by atoms with E-state index < -0.39 is 0 Å². The number of ether oxygens (including phenoxy) is 1. The van der Waals surface area contributed by atoms with E-state index in [1.807, 2.05) is 54.6 Å². The number of carbonyl (C=O) groups excluding carboxylic acids is 1. The summed E-state index contributed by atoms with van der Waals surface area (Å²) in [5, 5.41) is 9.67. The van der Waals surface area contributed by atoms with Crippen molar-refractivity contribution in [1.82, 2.24) is 19.7 Å². The molecule has 0 N–H and O–H groups in total. The van der Waals surface area contributed by atoms with Crippen LogP contribution in [0.25, 0.3) is 11.4 Å². The minimum Gasteiger partial charge on any atom is -0.497 e. The monoisotopic (exact) mass is 464 g/mol. The summed E-state index contributed by atoms with van der Waals surface area (Å²) < 4.78 is 7.62. The van der Waals surface area contributed by atoms with Crippen molar-refractivity contribution in [3.05, 3.63) is 60.2 Å². The maximum Gasteiger partial charge on any atom is 0.240 e. The van der Waals surface area contributed by atoms with Gasteiger partial charge in [0.1, 0.15) is 11.0 Å². The number of likely N-dealkylation sites (N-methyl/N-ethyl adjacent to an activating group) is 1. The van der Waals surface area contributed by atoms with Crippen LogP contribution < -0.4 is 4.74 Å². The van der Waals surface area contributed by atoms with Crippen molar-refractivity contribution in [3.8, 4) is 17.1 Å². The highest BCUT2D eigenvalue weighted by atomic mass is 32.2. The van der Waals surface area contributed by atoms with Crippen molar-refractivity contribution in [2.45, 2.75) is 49.1 Å². The third-order valence-electron chi connectivity index (χ3n) is 6.40. The van der Waals surface area contributed by atoms with Crippen molar-refractivity contribution in [2.75, 3.05) is 21.2 Å². The quantitative estimate of drug-likeness (QED) is 0.424. The highest BCUT2D eigenvalue weighted by Gasteiger charge is 2.32. The minimum absolute atomic E-state index is 0.0449. The zero-order valence-electron chi connectivity index (χ0n) is 19.8. The number of hydrogen-bond acceptors (Lipinski definition) is 5. The molecule has 1 fully saturated rings. The molecule has 4 rings (SSSR count). The second-order valence-electron chi connectivity index (χ2n) is 8.88. The molecule has 1 amide bonds. The van der Waals surface area contributed by atoms with Gasteiger partial charge in [-0.2, -0.15) is 0 Å². The lowest BCUT2D eigenvalue weighted by Crippen LogP contribution is -2.27. The Balaban J connectivity index is 1.78. The molecule has 2 aromatic carbocycles. The van der Waals surface area contributed by atoms with Gasteiger partial charge in [-0.1, -0.05) is 61.9 Å². The lowest BCUT2D eigenvalue weighted by Gasteiger charge is -2.32. The Morgan fingerprint density at radius 2 is 1.76 bits per heavy atom. The van der Waals surface area contributed by atoms with Crippen LogP contribution in [0, 0.1) is 5.92 Å². The summed E-state index contributed by atoms with van der Waals surface area (Å²) in [5.74, 6) is 2.23. The summed E-state index contributed by atoms with van der Waals surface area (Å²) in [7, 11) is 5.27. The molecule has 7 heteroatoms. The molecule has 174 valence electrons. The Labute approximate surface area is 200 Å². The number of aromatic nitrogens is 3. The maximum absolute atomic E-state index is 13.2. The lowest BCUT2D eigenvalue weighted by molar-refractivity contribution is -0.128. The third-order valence-corrected chi connectivity index (χ3v) is 7.60. The van der Waals surface area contributed by atoms with Crippen LogP contribution in [-0.2, 0) is 4.79 Å². The van der Waals surface area contributed by atoms with Crippen LogP contribution in [0.2, 0.25) is 0 Å². The molecule has 3 atom stereocenters. The molecule has 1 aromatic heterocycles. The Hall–Kier alpha value is -2.80. The van der Waals surface area contributed by atoms with Crippen molar-refractivity contribution in [1.29, 1.82) is 0 Å². The van der Waals surface area contributed by atoms with Gasteiger partial charge in [-0.25, -0.2) is 0 Å². The molecule has 0 saturated heterocycles. The zero-order chi connectivity index (χ0) is 23.4. The van der Waals surface area contributed by atoms with Gasteiger partial charge >= 0.3 is 0 Å². The van der Waals surface area contributed by atoms with Crippen molar-refractivity contribution >= 4 is 17.7 Å². The van der Waals surface area contributed by atoms with E-state index in [2.05, 4.69) is 21.7 Å². The topological polar surface area (TPSA) is 60.3 Å². The molecular formula is C26H32N4O2S. The van der Waals surface area contributed by atoms with E-state index >= 15 is 0 Å². The molecule has 6 nitrogen and oxygen atoms in total. The Kier molecular flexibility index (Phi) is 7.38. The zero-order valence-corrected chi connectivity index (χ0v) is 20.6. The summed E-state index contributed by atoms with van der Waals surface area (Å²) in [4.78, 5) is 14.8. The smallest absolute Gasteiger partial charge is 0.240 e. The molecule has 0 aliphatic heterocycles. The molecule has 0 spiro atoms. The maximum atomic E-state index is 13.2. The lowest BCUT2D eigenvalue weighted by atomic mass is 9.85. The van der Waals surface area contributed by atoms with Gasteiger partial charge in [0.2, 0.25) is 5.91 Å². The summed E-state index contributed by atoms with van der Waals surface area (Å²) in [6.07, 6.45) is 4.73. The first-order valence-electron chi connectivity index (χ1n) is 11.5. The average Bonchev–Trinajstić information content (AvgIpc) is 3.26. The molecule has 3 aromatic rings. The van der Waals surface area contributed by atoms with Crippen LogP contribution in [0.1, 0.15) is 49.5 Å². The highest BCUT2D eigenvalue weighted by molar-refractivity contribution is 8.00. The first kappa shape index (κ1) is 23.4. The fourth-order valence-electron chi connectivity index (χ4n) is 4.50. The SMILES string of the molecule is COc1ccc(-c2nnc(S[C@H](C(=O)N(C)C)c3ccccc3)n2[C@H]2CCCC[C@@H]2C)cc1. The third kappa shape index (κ3) is 5.08. The number of rotatable bonds is 7. The van der Waals surface area contributed by atoms with Gasteiger partial charge in [-0.05, 0) is 48.6 Å². The number of carbonyl (C=O) groups is 1. The summed E-state index contributed by atoms with van der Waals surface area (Å²) in [5.41, 5.74) is 1.97. The molecule has 0 unspecified atom stereocenters. The Bertz CT molecular complexity index is 1070. The highest BCUT2D eigenvalue weighted by Crippen LogP contribution is 2.43. The Morgan fingerprint density at radius 1 is 1.06 bits per heavy atom. The van der Waals surface area contributed by atoms with Crippen LogP contribution in [0.4, 0.5) is 0 Å². The van der Waals surface area contributed by atoms with Crippen LogP contribution >= 0.6 is 11.8 Å². The van der Waals surface area contributed by atoms with Crippen LogP contribution in [0.15, 0.2) is 59.8 Å². The molecule has 0 radical (unpaired) electrons. The van der Waals surface area contributed by atoms with Crippen molar-refractivity contribution in [3.63, 3.8) is 0 Å². The van der Waals surface area contributed by atoms with E-state index in [4.69, 9.17) is 4.74 Å². The van der Waals surface area contributed by atoms with Gasteiger partial charge in [-0.15, -0.1) is 10.2 Å². The number of thioether (sulfide) groups is 1. The largest absolute Gasteiger partial charge is 0.497 e. The second-order valence-corrected chi connectivity index (χ2v) is 9.95. The van der Waals surface area contributed by atoms with Crippen LogP contribution in [0.3, 0.4) is 0 Å². The fourth-order valence-corrected chi connectivity index (χ4v) is 5.74. The van der Waals surface area contributed by atoms with E-state index in [0.717, 1.165) is 34.3 Å². The molecule has 1 aliphatic carbocycles. The van der Waals surface area contributed by atoms with Gasteiger partial charge in [0.05, 0.1) is 7.11 Å². The van der Waals surface area contributed by atoms with E-state index in [9.17, 15) is 4.79 Å². The number of methoxy groups -OCH3 is 1. The van der Waals surface area contributed by atoms with Crippen LogP contribution in [0.5, 0.6) is 5.75 Å². The molecular weight excluding hydrogens is 432 g/mol. The molecule has 1 aliphatic rings. The summed E-state index contributed by atoms with van der Waals surface area (Å²) in [6, 6.07) is 18.2. The first-order chi connectivity index (χ1) is 16.0. The van der Waals surface area contributed by atoms with Crippen molar-refractivity contribution in [2.24, 2.45) is 5.92 Å². The predicted molar refractivity (Wildman–Crippen MR) is 132 cm³/mol. The standard InChI is InChI=1S/C26H32N4O2S/c1-18-10-8-9-13-22(18)30-24(20-14-16-21(32-4)17-15-20)27-28-26(30)33-23(25(31)29(2)3)19-11-6-5-7-12-19/h5-7,11-12,14-18,22-23H,8-10,13H2,1-4H3/t18-,22-,23-/m0/s1. The van der Waals surface area contributed by atoms with Gasteiger partial charge in [-0.3, -0.25) is 9.36 Å². The molecule has 1 saturated carbocycles. The fraction of sp³-hybridized carbons (Fsp3) is 0.423. The normalized spacial score (nSPS) is 19.2. The summed E-state index contributed by atoms with van der Waals surface area (Å²) in [6.45, 7) is 2.32. The van der Waals surface area contributed by atoms with Gasteiger partial charge in [0, 0.05) is 25.7 Å². The number of nitrogens with zero attached hydrogens (tertiary/aromatic N) is 4. The number of amides is 1. The van der Waals surface area contributed by atoms with Crippen molar-refractivity contribution < 1.29 is 9.53 Å². The van der Waals surface area contributed by atoms with E-state index in [-0.39, 0.29) is 11.2 Å².